The zero-order chi connectivity index (χ0) is 24.2. The fourth-order valence-corrected chi connectivity index (χ4v) is 3.92. The van der Waals surface area contributed by atoms with Crippen molar-refractivity contribution in [3.8, 4) is 11.5 Å². The predicted octanol–water partition coefficient (Wildman–Crippen LogP) is 3.60. The minimum Gasteiger partial charge on any atom is -0.493 e. The van der Waals surface area contributed by atoms with Gasteiger partial charge in [0.2, 0.25) is 5.91 Å². The standard InChI is InChI=1S/C22H26ClF3N4O3/c1-14(21(31)28-12-15-4-5-18(32-2)19(10-15)33-3)29-6-8-30(9-7-29)20-17(23)11-16(13-27-20)22(24,25)26/h4-5,10-11,13-14H,6-9,12H2,1-3H3,(H,28,31). The number of ether oxygens (including phenoxy) is 2. The molecule has 0 aliphatic carbocycles. The Labute approximate surface area is 195 Å². The van der Waals surface area contributed by atoms with E-state index < -0.39 is 11.7 Å². The molecule has 1 aliphatic heterocycles. The van der Waals surface area contributed by atoms with Crippen LogP contribution in [-0.4, -0.2) is 62.2 Å². The molecule has 0 radical (unpaired) electrons. The topological polar surface area (TPSA) is 66.9 Å². The van der Waals surface area contributed by atoms with Gasteiger partial charge in [0.15, 0.2) is 11.5 Å². The van der Waals surface area contributed by atoms with E-state index in [2.05, 4.69) is 10.3 Å². The summed E-state index contributed by atoms with van der Waals surface area (Å²) in [6.07, 6.45) is -3.70. The molecule has 3 rings (SSSR count). The molecule has 180 valence electrons. The summed E-state index contributed by atoms with van der Waals surface area (Å²) in [4.78, 5) is 20.4. The molecule has 1 unspecified atom stereocenters. The number of benzene rings is 1. The number of nitrogens with zero attached hydrogens (tertiary/aromatic N) is 3. The Morgan fingerprint density at radius 1 is 1.15 bits per heavy atom. The number of hydrogen-bond donors (Lipinski definition) is 1. The second-order valence-corrected chi connectivity index (χ2v) is 8.04. The molecule has 1 saturated heterocycles. The molecule has 1 fully saturated rings. The monoisotopic (exact) mass is 486 g/mol. The van der Waals surface area contributed by atoms with Crippen molar-refractivity contribution < 1.29 is 27.4 Å². The van der Waals surface area contributed by atoms with E-state index >= 15 is 0 Å². The lowest BCUT2D eigenvalue weighted by Gasteiger charge is -2.38. The smallest absolute Gasteiger partial charge is 0.417 e. The first kappa shape index (κ1) is 24.9. The van der Waals surface area contributed by atoms with Gasteiger partial charge in [0.25, 0.3) is 0 Å². The van der Waals surface area contributed by atoms with Crippen LogP contribution in [0.4, 0.5) is 19.0 Å². The van der Waals surface area contributed by atoms with Gasteiger partial charge in [0.05, 0.1) is 30.8 Å². The van der Waals surface area contributed by atoms with Crippen molar-refractivity contribution in [1.29, 1.82) is 0 Å². The van der Waals surface area contributed by atoms with Gasteiger partial charge in [-0.15, -0.1) is 0 Å². The molecular weight excluding hydrogens is 461 g/mol. The summed E-state index contributed by atoms with van der Waals surface area (Å²) in [5.41, 5.74) is -0.00398. The zero-order valence-corrected chi connectivity index (χ0v) is 19.3. The highest BCUT2D eigenvalue weighted by Gasteiger charge is 2.33. The van der Waals surface area contributed by atoms with E-state index in [9.17, 15) is 18.0 Å². The summed E-state index contributed by atoms with van der Waals surface area (Å²) in [5, 5.41) is 2.88. The van der Waals surface area contributed by atoms with Crippen molar-refractivity contribution in [1.82, 2.24) is 15.2 Å². The number of carbonyl (C=O) groups is 1. The molecule has 7 nitrogen and oxygen atoms in total. The Bertz CT molecular complexity index is 982. The fourth-order valence-electron chi connectivity index (χ4n) is 3.63. The molecule has 33 heavy (non-hydrogen) atoms. The van der Waals surface area contributed by atoms with Crippen LogP contribution in [0.3, 0.4) is 0 Å². The van der Waals surface area contributed by atoms with Crippen molar-refractivity contribution in [2.45, 2.75) is 25.7 Å². The molecule has 0 spiro atoms. The second kappa shape index (κ2) is 10.5. The van der Waals surface area contributed by atoms with Crippen molar-refractivity contribution in [3.05, 3.63) is 46.6 Å². The number of halogens is 4. The van der Waals surface area contributed by atoms with Crippen molar-refractivity contribution in [2.24, 2.45) is 0 Å². The number of methoxy groups -OCH3 is 2. The first-order valence-electron chi connectivity index (χ1n) is 10.3. The maximum absolute atomic E-state index is 12.8. The van der Waals surface area contributed by atoms with Gasteiger partial charge in [-0.3, -0.25) is 9.69 Å². The summed E-state index contributed by atoms with van der Waals surface area (Å²) in [7, 11) is 3.11. The molecule has 2 heterocycles. The van der Waals surface area contributed by atoms with Crippen molar-refractivity contribution in [3.63, 3.8) is 0 Å². The van der Waals surface area contributed by atoms with E-state index in [1.807, 2.05) is 28.9 Å². The molecule has 0 saturated carbocycles. The van der Waals surface area contributed by atoms with E-state index in [1.54, 1.807) is 20.3 Å². The molecule has 1 aromatic heterocycles. The summed E-state index contributed by atoms with van der Waals surface area (Å²) in [5.74, 6) is 1.39. The number of piperazine rings is 1. The highest BCUT2D eigenvalue weighted by molar-refractivity contribution is 6.33. The number of nitrogens with one attached hydrogen (secondary N) is 1. The van der Waals surface area contributed by atoms with Gasteiger partial charge in [-0.2, -0.15) is 13.2 Å². The summed E-state index contributed by atoms with van der Waals surface area (Å²) < 4.78 is 49.0. The van der Waals surface area contributed by atoms with E-state index in [1.165, 1.54) is 0 Å². The maximum atomic E-state index is 12.8. The van der Waals surface area contributed by atoms with Gasteiger partial charge in [-0.1, -0.05) is 17.7 Å². The van der Waals surface area contributed by atoms with Gasteiger partial charge < -0.3 is 19.7 Å². The van der Waals surface area contributed by atoms with E-state index in [0.717, 1.165) is 17.8 Å². The van der Waals surface area contributed by atoms with Crippen molar-refractivity contribution in [2.75, 3.05) is 45.3 Å². The molecule has 2 aromatic rings. The minimum atomic E-state index is -4.49. The number of carbonyl (C=O) groups excluding carboxylic acids is 1. The Morgan fingerprint density at radius 3 is 2.39 bits per heavy atom. The third-order valence-electron chi connectivity index (χ3n) is 5.60. The van der Waals surface area contributed by atoms with Crippen LogP contribution in [0.2, 0.25) is 5.02 Å². The normalized spacial score (nSPS) is 15.8. The van der Waals surface area contributed by atoms with Crippen LogP contribution in [0, 0.1) is 0 Å². The number of anilines is 1. The highest BCUT2D eigenvalue weighted by atomic mass is 35.5. The van der Waals surface area contributed by atoms with Gasteiger partial charge in [0.1, 0.15) is 5.82 Å². The van der Waals surface area contributed by atoms with Crippen LogP contribution in [0.1, 0.15) is 18.1 Å². The van der Waals surface area contributed by atoms with E-state index in [0.29, 0.717) is 50.0 Å². The third kappa shape index (κ3) is 6.00. The van der Waals surface area contributed by atoms with E-state index in [4.69, 9.17) is 21.1 Å². The van der Waals surface area contributed by atoms with Crippen molar-refractivity contribution >= 4 is 23.3 Å². The molecule has 0 bridgehead atoms. The largest absolute Gasteiger partial charge is 0.493 e. The minimum absolute atomic E-state index is 0.0426. The third-order valence-corrected chi connectivity index (χ3v) is 5.88. The molecule has 1 amide bonds. The average Bonchev–Trinajstić information content (AvgIpc) is 2.81. The quantitative estimate of drug-likeness (QED) is 0.645. The average molecular weight is 487 g/mol. The SMILES string of the molecule is COc1ccc(CNC(=O)C(C)N2CCN(c3ncc(C(F)(F)F)cc3Cl)CC2)cc1OC. The molecule has 1 atom stereocenters. The summed E-state index contributed by atoms with van der Waals surface area (Å²) >= 11 is 6.06. The highest BCUT2D eigenvalue weighted by Crippen LogP contribution is 2.34. The van der Waals surface area contributed by atoms with Crippen LogP contribution in [0.15, 0.2) is 30.5 Å². The predicted molar refractivity (Wildman–Crippen MR) is 119 cm³/mol. The Kier molecular flexibility index (Phi) is 7.91. The number of rotatable bonds is 7. The first-order chi connectivity index (χ1) is 15.6. The number of amides is 1. The van der Waals surface area contributed by atoms with Crippen LogP contribution in [0.25, 0.3) is 0 Å². The molecule has 1 aliphatic rings. The summed E-state index contributed by atoms with van der Waals surface area (Å²) in [6.45, 7) is 4.24. The first-order valence-corrected chi connectivity index (χ1v) is 10.7. The summed E-state index contributed by atoms with van der Waals surface area (Å²) in [6, 6.07) is 5.96. The molecular formula is C22H26ClF3N4O3. The van der Waals surface area contributed by atoms with Crippen LogP contribution in [-0.2, 0) is 17.5 Å². The number of aromatic nitrogens is 1. The lowest BCUT2D eigenvalue weighted by atomic mass is 10.1. The Hall–Kier alpha value is -2.72. The molecule has 1 N–H and O–H groups in total. The number of pyridine rings is 1. The lowest BCUT2D eigenvalue weighted by Crippen LogP contribution is -2.54. The Balaban J connectivity index is 1.54. The second-order valence-electron chi connectivity index (χ2n) is 7.63. The van der Waals surface area contributed by atoms with Gasteiger partial charge in [-0.25, -0.2) is 4.98 Å². The molecule has 1 aromatic carbocycles. The van der Waals surface area contributed by atoms with Crippen LogP contribution >= 0.6 is 11.6 Å². The van der Waals surface area contributed by atoms with E-state index in [-0.39, 0.29) is 17.0 Å². The molecule has 11 heteroatoms. The number of alkyl halides is 3. The zero-order valence-electron chi connectivity index (χ0n) is 18.6. The van der Waals surface area contributed by atoms with Gasteiger partial charge >= 0.3 is 6.18 Å². The van der Waals surface area contributed by atoms with Crippen LogP contribution in [0.5, 0.6) is 11.5 Å². The Morgan fingerprint density at radius 2 is 1.82 bits per heavy atom. The number of hydrogen-bond acceptors (Lipinski definition) is 6. The fraction of sp³-hybridized carbons (Fsp3) is 0.455. The maximum Gasteiger partial charge on any atom is 0.417 e. The van der Waals surface area contributed by atoms with Gasteiger partial charge in [-0.05, 0) is 30.7 Å². The van der Waals surface area contributed by atoms with Gasteiger partial charge in [0, 0.05) is 38.9 Å². The van der Waals surface area contributed by atoms with Crippen LogP contribution < -0.4 is 19.7 Å². The lowest BCUT2D eigenvalue weighted by molar-refractivity contribution is -0.137.